The molecule has 394 valence electrons. The van der Waals surface area contributed by atoms with Crippen LogP contribution in [-0.4, -0.2) is 313 Å². The smallest absolute Gasteiger partial charge is 0.335 e. The van der Waals surface area contributed by atoms with E-state index in [-0.39, 0.29) is 6.61 Å². The lowest BCUT2D eigenvalue weighted by molar-refractivity contribution is -0.370. The van der Waals surface area contributed by atoms with Crippen LogP contribution in [0.4, 0.5) is 0 Å². The highest BCUT2D eigenvalue weighted by Gasteiger charge is 2.54. The van der Waals surface area contributed by atoms with E-state index in [1.165, 1.54) is 0 Å². The van der Waals surface area contributed by atoms with E-state index in [4.69, 9.17) is 66.3 Å². The number of carboxylic acid groups (broad SMARTS) is 1. The van der Waals surface area contributed by atoms with Gasteiger partial charge < -0.3 is 148 Å². The number of hydrogen-bond acceptors (Lipinski definition) is 30. The van der Waals surface area contributed by atoms with E-state index >= 15 is 0 Å². The van der Waals surface area contributed by atoms with Crippen molar-refractivity contribution in [1.29, 1.82) is 0 Å². The first-order chi connectivity index (χ1) is 32.2. The summed E-state index contributed by atoms with van der Waals surface area (Å²) < 4.78 is 75.8. The summed E-state index contributed by atoms with van der Waals surface area (Å²) in [6.45, 7) is -2.93. The molecule has 7 aliphatic rings. The molecule has 0 unspecified atom stereocenters. The summed E-state index contributed by atoms with van der Waals surface area (Å²) in [6, 6.07) is 0. The van der Waals surface area contributed by atoms with Crippen LogP contribution in [0.15, 0.2) is 0 Å². The number of aliphatic hydroxyl groups is 15. The van der Waals surface area contributed by atoms with Crippen molar-refractivity contribution in [3.05, 3.63) is 0 Å². The van der Waals surface area contributed by atoms with Crippen LogP contribution >= 0.6 is 0 Å². The molecule has 0 aromatic heterocycles. The maximum absolute atomic E-state index is 11.5. The second-order valence-electron chi connectivity index (χ2n) is 17.1. The van der Waals surface area contributed by atoms with Crippen molar-refractivity contribution in [2.24, 2.45) is 0 Å². The molecule has 7 heterocycles. The minimum atomic E-state index is -2.02. The monoisotopic (exact) mass is 1000 g/mol. The Kier molecular flexibility index (Phi) is 18.3. The third-order valence-electron chi connectivity index (χ3n) is 12.5. The lowest BCUT2D eigenvalue weighted by Gasteiger charge is -2.46. The molecular formula is C37H60O31. The van der Waals surface area contributed by atoms with Crippen molar-refractivity contribution in [2.75, 3.05) is 46.8 Å². The summed E-state index contributed by atoms with van der Waals surface area (Å²) in [4.78, 5) is 11.5. The summed E-state index contributed by atoms with van der Waals surface area (Å²) in [5, 5.41) is 168. The van der Waals surface area contributed by atoms with Crippen molar-refractivity contribution in [2.45, 2.75) is 178 Å². The van der Waals surface area contributed by atoms with Gasteiger partial charge in [0.25, 0.3) is 0 Å². The molecule has 7 aliphatic heterocycles. The molecular weight excluding hydrogens is 940 g/mol. The molecule has 0 saturated carbocycles. The van der Waals surface area contributed by atoms with E-state index in [1.54, 1.807) is 0 Å². The van der Waals surface area contributed by atoms with E-state index in [2.05, 4.69) is 0 Å². The van der Waals surface area contributed by atoms with Crippen molar-refractivity contribution >= 4 is 5.97 Å². The number of aliphatic carboxylic acids is 1. The molecule has 0 aromatic carbocycles. The summed E-state index contributed by atoms with van der Waals surface area (Å²) in [7, 11) is 1.08. The Bertz CT molecular complexity index is 1600. The fourth-order valence-corrected chi connectivity index (χ4v) is 8.40. The third kappa shape index (κ3) is 11.4. The number of ether oxygens (including phenoxy) is 14. The summed E-state index contributed by atoms with van der Waals surface area (Å²) in [5.74, 6) is -1.54. The standard InChI is InChI=1S/C37H60O31/c1-55-27-26(51)28(31(54)67-29(27)30(52)53)68-37-25(50)19(44)13(7-61-37)66-36-24(49)18(43)12(6-60-36)65-35-23(48)17(42)11(5-59-35)64-34-22(47)16(41)10(4-58-34)63-33-21(46)15(40)9(3-57-33)62-32-20(45)14(39)8(38)2-56-32/h8-29,31-51,54H,2-7H2,1H3,(H,52,53)/t8-,9-,10-,11-,12-,13-,14+,15+,16+,17+,18+,19+,20-,21-,22-,23-,24-,25-,26+,27+,28-,29+,31+,32+,33+,34+,35+,36+,37+/m1/s1. The van der Waals surface area contributed by atoms with Crippen LogP contribution < -0.4 is 0 Å². The zero-order valence-electron chi connectivity index (χ0n) is 35.8. The second-order valence-corrected chi connectivity index (χ2v) is 17.1. The highest BCUT2D eigenvalue weighted by atomic mass is 16.8. The van der Waals surface area contributed by atoms with Crippen LogP contribution in [0.25, 0.3) is 0 Å². The van der Waals surface area contributed by atoms with Crippen LogP contribution in [-0.2, 0) is 71.1 Å². The SMILES string of the molecule is CO[C@H]1[C@H](O)[C@@H](O[C@@H]2OC[C@@H](O[C@@H]3OC[C@@H](O[C@@H]4OC[C@@H](O[C@@H]5OC[C@@H](O[C@@H]6OC[C@@H](O[C@@H]7OC[C@@H](O)[C@H](O)[C@H]7O)[C@H](O)[C@H]6O)[C@H](O)[C@H]5O)[C@H](O)[C@H]4O)[C@H](O)[C@H]3O)[C@H](O)[C@H]2O)[C@@H](O)O[C@@H]1C(=O)O. The molecule has 31 nitrogen and oxygen atoms in total. The Balaban J connectivity index is 0.830. The molecule has 0 amide bonds. The molecule has 0 aliphatic carbocycles. The first kappa shape index (κ1) is 54.1. The van der Waals surface area contributed by atoms with Crippen molar-refractivity contribution in [3.63, 3.8) is 0 Å². The van der Waals surface area contributed by atoms with Crippen molar-refractivity contribution < 1.29 is 153 Å². The molecule has 7 rings (SSSR count). The average Bonchev–Trinajstić information content (AvgIpc) is 3.31. The second kappa shape index (κ2) is 23.0. The van der Waals surface area contributed by atoms with Gasteiger partial charge in [-0.25, -0.2) is 4.79 Å². The van der Waals surface area contributed by atoms with Gasteiger partial charge in [-0.3, -0.25) is 0 Å². The average molecular weight is 1000 g/mol. The quantitative estimate of drug-likeness (QED) is 0.0768. The highest BCUT2D eigenvalue weighted by Crippen LogP contribution is 2.33. The van der Waals surface area contributed by atoms with Gasteiger partial charge >= 0.3 is 5.97 Å². The van der Waals surface area contributed by atoms with Crippen LogP contribution in [0.3, 0.4) is 0 Å². The number of carboxylic acids is 1. The largest absolute Gasteiger partial charge is 0.479 e. The lowest BCUT2D eigenvalue weighted by atomic mass is 9.98. The van der Waals surface area contributed by atoms with Gasteiger partial charge in [0.2, 0.25) is 0 Å². The zero-order valence-corrected chi connectivity index (χ0v) is 35.8. The Morgan fingerprint density at radius 2 is 0.647 bits per heavy atom. The zero-order chi connectivity index (χ0) is 49.5. The molecule has 0 bridgehead atoms. The van der Waals surface area contributed by atoms with Gasteiger partial charge in [-0.1, -0.05) is 0 Å². The Morgan fingerprint density at radius 1 is 0.368 bits per heavy atom. The van der Waals surface area contributed by atoms with E-state index in [0.29, 0.717) is 0 Å². The Labute approximate surface area is 383 Å². The van der Waals surface area contributed by atoms with Crippen LogP contribution in [0.5, 0.6) is 0 Å². The van der Waals surface area contributed by atoms with Gasteiger partial charge in [-0.05, 0) is 0 Å². The molecule has 68 heavy (non-hydrogen) atoms. The first-order valence-electron chi connectivity index (χ1n) is 21.5. The molecule has 0 spiro atoms. The molecule has 0 radical (unpaired) electrons. The number of hydrogen-bond donors (Lipinski definition) is 16. The van der Waals surface area contributed by atoms with Gasteiger partial charge in [-0.15, -0.1) is 0 Å². The topological polar surface area (TPSA) is 470 Å². The number of aliphatic hydroxyl groups excluding tert-OH is 15. The molecule has 29 atom stereocenters. The van der Waals surface area contributed by atoms with Gasteiger partial charge in [0.15, 0.2) is 50.1 Å². The first-order valence-corrected chi connectivity index (χ1v) is 21.5. The molecule has 0 aromatic rings. The molecule has 7 saturated heterocycles. The summed E-state index contributed by atoms with van der Waals surface area (Å²) in [6.07, 6.45) is -48.5. The fourth-order valence-electron chi connectivity index (χ4n) is 8.40. The van der Waals surface area contributed by atoms with Gasteiger partial charge in [0.05, 0.1) is 39.6 Å². The number of rotatable bonds is 14. The Hall–Kier alpha value is -1.69. The molecule has 16 N–H and O–H groups in total. The number of methoxy groups -OCH3 is 1. The summed E-state index contributed by atoms with van der Waals surface area (Å²) in [5.41, 5.74) is 0. The van der Waals surface area contributed by atoms with Gasteiger partial charge in [0, 0.05) is 7.11 Å². The maximum Gasteiger partial charge on any atom is 0.335 e. The molecule has 31 heteroatoms. The molecule has 7 fully saturated rings. The van der Waals surface area contributed by atoms with Crippen LogP contribution in [0.1, 0.15) is 0 Å². The van der Waals surface area contributed by atoms with Gasteiger partial charge in [-0.2, -0.15) is 0 Å². The van der Waals surface area contributed by atoms with E-state index in [0.717, 1.165) is 7.11 Å². The minimum Gasteiger partial charge on any atom is -0.479 e. The normalized spacial score (nSPS) is 52.9. The Morgan fingerprint density at radius 3 is 0.941 bits per heavy atom. The van der Waals surface area contributed by atoms with Gasteiger partial charge in [0.1, 0.15) is 128 Å². The minimum absolute atomic E-state index is 0.384. The fraction of sp³-hybridized carbons (Fsp3) is 0.973. The van der Waals surface area contributed by atoms with Crippen molar-refractivity contribution in [3.8, 4) is 0 Å². The number of carbonyl (C=O) groups is 1. The van der Waals surface area contributed by atoms with Crippen molar-refractivity contribution in [1.82, 2.24) is 0 Å². The van der Waals surface area contributed by atoms with Crippen LogP contribution in [0.2, 0.25) is 0 Å². The third-order valence-corrected chi connectivity index (χ3v) is 12.5. The van der Waals surface area contributed by atoms with E-state index in [1.807, 2.05) is 0 Å². The predicted molar refractivity (Wildman–Crippen MR) is 201 cm³/mol. The lowest BCUT2D eigenvalue weighted by Crippen LogP contribution is -2.64. The van der Waals surface area contributed by atoms with E-state index in [9.17, 15) is 86.5 Å². The highest BCUT2D eigenvalue weighted by molar-refractivity contribution is 5.73. The maximum atomic E-state index is 11.5. The predicted octanol–water partition coefficient (Wildman–Crippen LogP) is -11.7. The van der Waals surface area contributed by atoms with E-state index < -0.39 is 217 Å². The summed E-state index contributed by atoms with van der Waals surface area (Å²) >= 11 is 0. The van der Waals surface area contributed by atoms with Crippen LogP contribution in [0, 0.1) is 0 Å².